The summed E-state index contributed by atoms with van der Waals surface area (Å²) in [5.41, 5.74) is 16.0. The molecule has 4 N–H and O–H groups in total. The molecule has 1 aromatic rings. The Hall–Kier alpha value is -2.06. The largest absolute Gasteiger partial charge is 0.404 e. The average Bonchev–Trinajstić information content (AvgIpc) is 2.42. The Bertz CT molecular complexity index is 522. The molecule has 0 saturated heterocycles. The lowest BCUT2D eigenvalue weighted by atomic mass is 9.98. The lowest BCUT2D eigenvalue weighted by Gasteiger charge is -2.13. The van der Waals surface area contributed by atoms with E-state index in [1.165, 1.54) is 5.56 Å². The van der Waals surface area contributed by atoms with E-state index in [1.54, 1.807) is 12.3 Å². The van der Waals surface area contributed by atoms with Gasteiger partial charge < -0.3 is 11.5 Å². The fraction of sp³-hybridized carbons (Fsp3) is 0.176. The maximum Gasteiger partial charge on any atom is 0.0562 e. The number of hydrogen-bond acceptors (Lipinski definition) is 2. The van der Waals surface area contributed by atoms with Gasteiger partial charge in [0.15, 0.2) is 0 Å². The number of hydrogen-bond donors (Lipinski definition) is 2. The van der Waals surface area contributed by atoms with Gasteiger partial charge in [0.05, 0.1) is 6.04 Å². The minimum absolute atomic E-state index is 0.243. The molecule has 2 heteroatoms. The second-order valence-electron chi connectivity index (χ2n) is 4.33. The van der Waals surface area contributed by atoms with E-state index in [2.05, 4.69) is 25.6 Å². The summed E-state index contributed by atoms with van der Waals surface area (Å²) < 4.78 is 0. The van der Waals surface area contributed by atoms with Crippen molar-refractivity contribution in [3.8, 4) is 0 Å². The Morgan fingerprint density at radius 2 is 1.95 bits per heavy atom. The molecule has 0 spiro atoms. The van der Waals surface area contributed by atoms with Gasteiger partial charge in [0.2, 0.25) is 0 Å². The van der Waals surface area contributed by atoms with E-state index >= 15 is 0 Å². The monoisotopic (exact) mass is 254 g/mol. The van der Waals surface area contributed by atoms with Crippen molar-refractivity contribution in [3.63, 3.8) is 0 Å². The first-order valence-corrected chi connectivity index (χ1v) is 6.33. The highest BCUT2D eigenvalue weighted by atomic mass is 14.7. The van der Waals surface area contributed by atoms with Crippen LogP contribution in [0.5, 0.6) is 0 Å². The summed E-state index contributed by atoms with van der Waals surface area (Å²) in [6.07, 6.45) is 9.25. The Labute approximate surface area is 115 Å². The molecule has 2 nitrogen and oxygen atoms in total. The summed E-state index contributed by atoms with van der Waals surface area (Å²) in [4.78, 5) is 0. The minimum Gasteiger partial charge on any atom is -0.404 e. The van der Waals surface area contributed by atoms with Gasteiger partial charge in [-0.1, -0.05) is 55.1 Å². The van der Waals surface area contributed by atoms with E-state index in [-0.39, 0.29) is 6.04 Å². The third-order valence-corrected chi connectivity index (χ3v) is 3.12. The van der Waals surface area contributed by atoms with E-state index < -0.39 is 0 Å². The molecular formula is C17H22N2. The van der Waals surface area contributed by atoms with Crippen LogP contribution in [-0.2, 0) is 0 Å². The molecule has 0 amide bonds. The van der Waals surface area contributed by atoms with Crippen molar-refractivity contribution >= 4 is 6.08 Å². The van der Waals surface area contributed by atoms with Gasteiger partial charge in [-0.3, -0.25) is 0 Å². The first kappa shape index (κ1) is 15.0. The Morgan fingerprint density at radius 3 is 2.47 bits per heavy atom. The summed E-state index contributed by atoms with van der Waals surface area (Å²) in [5, 5.41) is 0. The molecule has 19 heavy (non-hydrogen) atoms. The molecule has 0 saturated carbocycles. The third-order valence-electron chi connectivity index (χ3n) is 3.12. The van der Waals surface area contributed by atoms with Crippen LogP contribution in [0.25, 0.3) is 6.08 Å². The van der Waals surface area contributed by atoms with Crippen molar-refractivity contribution in [3.05, 3.63) is 77.5 Å². The zero-order valence-electron chi connectivity index (χ0n) is 11.6. The van der Waals surface area contributed by atoms with Gasteiger partial charge in [0.1, 0.15) is 0 Å². The molecule has 1 aromatic carbocycles. The first-order valence-electron chi connectivity index (χ1n) is 6.33. The van der Waals surface area contributed by atoms with Gasteiger partial charge in [-0.2, -0.15) is 0 Å². The Balaban J connectivity index is 2.96. The van der Waals surface area contributed by atoms with Crippen LogP contribution in [0.3, 0.4) is 0 Å². The lowest BCUT2D eigenvalue weighted by molar-refractivity contribution is 0.930. The molecule has 0 fully saturated rings. The predicted octanol–water partition coefficient (Wildman–Crippen LogP) is 3.31. The second kappa shape index (κ2) is 7.39. The van der Waals surface area contributed by atoms with Crippen molar-refractivity contribution in [1.29, 1.82) is 0 Å². The molecular weight excluding hydrogens is 232 g/mol. The molecule has 0 bridgehead atoms. The number of aryl methyl sites for hydroxylation is 1. The molecule has 1 unspecified atom stereocenters. The van der Waals surface area contributed by atoms with Gasteiger partial charge in [0, 0.05) is 0 Å². The molecule has 0 aliphatic carbocycles. The quantitative estimate of drug-likeness (QED) is 0.792. The standard InChI is InChI=1S/C17H22N2/c1-4-14(5-2)17(19)16(12-18)11-10-15-9-7-6-8-13(15)3/h4-12,17H,1,18-19H2,2-3H3/b11-10-,14-5+,16-12-. The van der Waals surface area contributed by atoms with E-state index in [0.29, 0.717) is 0 Å². The van der Waals surface area contributed by atoms with E-state index in [9.17, 15) is 0 Å². The van der Waals surface area contributed by atoms with Crippen molar-refractivity contribution in [2.45, 2.75) is 19.9 Å². The summed E-state index contributed by atoms with van der Waals surface area (Å²) in [6.45, 7) is 7.78. The highest BCUT2D eigenvalue weighted by molar-refractivity contribution is 5.57. The first-order chi connectivity index (χ1) is 9.13. The molecule has 1 atom stereocenters. The lowest BCUT2D eigenvalue weighted by Crippen LogP contribution is -2.24. The fourth-order valence-electron chi connectivity index (χ4n) is 1.84. The van der Waals surface area contributed by atoms with Gasteiger partial charge in [0.25, 0.3) is 0 Å². The number of benzene rings is 1. The molecule has 0 heterocycles. The molecule has 100 valence electrons. The number of nitrogens with two attached hydrogens (primary N) is 2. The fourth-order valence-corrected chi connectivity index (χ4v) is 1.84. The Morgan fingerprint density at radius 1 is 1.26 bits per heavy atom. The van der Waals surface area contributed by atoms with Gasteiger partial charge in [-0.15, -0.1) is 0 Å². The summed E-state index contributed by atoms with van der Waals surface area (Å²) in [6, 6.07) is 7.93. The summed E-state index contributed by atoms with van der Waals surface area (Å²) >= 11 is 0. The summed E-state index contributed by atoms with van der Waals surface area (Å²) in [5.74, 6) is 0. The maximum absolute atomic E-state index is 6.16. The maximum atomic E-state index is 6.16. The SMILES string of the molecule is C=C/C(=C\C)C(N)C(/C=C\c1ccccc1C)=C\N. The van der Waals surface area contributed by atoms with E-state index in [4.69, 9.17) is 11.5 Å². The van der Waals surface area contributed by atoms with E-state index in [0.717, 1.165) is 16.7 Å². The summed E-state index contributed by atoms with van der Waals surface area (Å²) in [7, 11) is 0. The highest BCUT2D eigenvalue weighted by Crippen LogP contribution is 2.15. The molecule has 1 rings (SSSR count). The Kier molecular flexibility index (Phi) is 5.83. The van der Waals surface area contributed by atoms with Gasteiger partial charge in [-0.25, -0.2) is 0 Å². The minimum atomic E-state index is -0.243. The number of allylic oxidation sites excluding steroid dienone is 1. The second-order valence-corrected chi connectivity index (χ2v) is 4.33. The van der Waals surface area contributed by atoms with Crippen LogP contribution in [0.2, 0.25) is 0 Å². The molecule has 0 aromatic heterocycles. The molecule has 0 aliphatic heterocycles. The normalized spacial score (nSPS) is 14.7. The van der Waals surface area contributed by atoms with Crippen LogP contribution in [0, 0.1) is 6.92 Å². The van der Waals surface area contributed by atoms with Crippen molar-refractivity contribution in [1.82, 2.24) is 0 Å². The van der Waals surface area contributed by atoms with Crippen molar-refractivity contribution < 1.29 is 0 Å². The van der Waals surface area contributed by atoms with Crippen molar-refractivity contribution in [2.75, 3.05) is 0 Å². The van der Waals surface area contributed by atoms with E-state index in [1.807, 2.05) is 37.3 Å². The van der Waals surface area contributed by atoms with Crippen LogP contribution in [0.1, 0.15) is 18.1 Å². The average molecular weight is 254 g/mol. The molecule has 0 radical (unpaired) electrons. The highest BCUT2D eigenvalue weighted by Gasteiger charge is 2.08. The zero-order valence-corrected chi connectivity index (χ0v) is 11.6. The topological polar surface area (TPSA) is 52.0 Å². The zero-order chi connectivity index (χ0) is 14.3. The number of rotatable bonds is 5. The van der Waals surface area contributed by atoms with Crippen LogP contribution in [0.4, 0.5) is 0 Å². The van der Waals surface area contributed by atoms with Gasteiger partial charge >= 0.3 is 0 Å². The third kappa shape index (κ3) is 3.97. The van der Waals surface area contributed by atoms with Crippen LogP contribution >= 0.6 is 0 Å². The molecule has 0 aliphatic rings. The van der Waals surface area contributed by atoms with Crippen LogP contribution in [0.15, 0.2) is 66.4 Å². The van der Waals surface area contributed by atoms with Crippen LogP contribution < -0.4 is 11.5 Å². The van der Waals surface area contributed by atoms with Crippen molar-refractivity contribution in [2.24, 2.45) is 11.5 Å². The predicted molar refractivity (Wildman–Crippen MR) is 84.4 cm³/mol. The van der Waals surface area contributed by atoms with Gasteiger partial charge in [-0.05, 0) is 42.3 Å². The van der Waals surface area contributed by atoms with Crippen LogP contribution in [-0.4, -0.2) is 6.04 Å². The smallest absolute Gasteiger partial charge is 0.0562 e.